The van der Waals surface area contributed by atoms with Crippen LogP contribution in [-0.2, 0) is 19.3 Å². The van der Waals surface area contributed by atoms with Crippen molar-refractivity contribution < 1.29 is 24.6 Å². The van der Waals surface area contributed by atoms with Gasteiger partial charge in [0.1, 0.15) is 5.75 Å². The van der Waals surface area contributed by atoms with Crippen LogP contribution in [-0.4, -0.2) is 33.2 Å². The van der Waals surface area contributed by atoms with Gasteiger partial charge in [-0.2, -0.15) is 0 Å². The Morgan fingerprint density at radius 3 is 2.59 bits per heavy atom. The Balaban J connectivity index is 1.92. The predicted octanol–water partition coefficient (Wildman–Crippen LogP) is 2.88. The van der Waals surface area contributed by atoms with Crippen LogP contribution < -0.4 is 10.2 Å². The van der Waals surface area contributed by atoms with E-state index in [0.29, 0.717) is 16.9 Å². The fourth-order valence-electron chi connectivity index (χ4n) is 3.38. The molecule has 2 aromatic carbocycles. The number of anilines is 2. The van der Waals surface area contributed by atoms with Gasteiger partial charge in [0.15, 0.2) is 0 Å². The van der Waals surface area contributed by atoms with E-state index in [-0.39, 0.29) is 5.75 Å². The third-order valence-corrected chi connectivity index (χ3v) is 6.57. The Bertz CT molecular complexity index is 980. The monoisotopic (exact) mass is 448 g/mol. The number of aromatic hydroxyl groups is 1. The van der Waals surface area contributed by atoms with Gasteiger partial charge in [0.2, 0.25) is 10.8 Å². The normalized spacial score (nSPS) is 23.6. The van der Waals surface area contributed by atoms with Crippen molar-refractivity contribution in [2.45, 2.75) is 16.5 Å². The molecule has 2 unspecified atom stereocenters. The number of carboxylic acids is 1. The zero-order valence-electron chi connectivity index (χ0n) is 13.7. The Morgan fingerprint density at radius 2 is 1.93 bits per heavy atom. The van der Waals surface area contributed by atoms with E-state index < -0.39 is 34.3 Å². The number of carboxylic acid groups (broad SMARTS) is 1. The first-order chi connectivity index (χ1) is 12.8. The highest BCUT2D eigenvalue weighted by molar-refractivity contribution is 9.10. The smallest absolute Gasteiger partial charge is 0.305 e. The van der Waals surface area contributed by atoms with Crippen molar-refractivity contribution >= 4 is 56.9 Å². The molecule has 2 atom stereocenters. The van der Waals surface area contributed by atoms with Crippen molar-refractivity contribution in [3.8, 4) is 5.75 Å². The molecule has 2 amide bonds. The summed E-state index contributed by atoms with van der Waals surface area (Å²) in [5.74, 6) is -1.96. The summed E-state index contributed by atoms with van der Waals surface area (Å²) in [7, 11) is 0. The van der Waals surface area contributed by atoms with Gasteiger partial charge in [-0.05, 0) is 42.5 Å². The second-order valence-corrected chi connectivity index (χ2v) is 8.49. The van der Waals surface area contributed by atoms with E-state index in [9.17, 15) is 24.6 Å². The Morgan fingerprint density at radius 1 is 1.22 bits per heavy atom. The van der Waals surface area contributed by atoms with E-state index in [1.54, 1.807) is 18.2 Å². The molecule has 27 heavy (non-hydrogen) atoms. The second kappa shape index (κ2) is 6.28. The standard InChI is InChI=1S/C18H13BrN2O5S/c19-9-1-6-13-12(7-9)18(17(26)20-13)21(10-2-4-11(22)5-3-10)16(25)14(27-18)8-15(23)24/h1-7,14,22H,8H2,(H,20,26)(H,23,24). The van der Waals surface area contributed by atoms with Crippen LogP contribution in [0, 0.1) is 0 Å². The number of aliphatic carboxylic acids is 1. The van der Waals surface area contributed by atoms with Crippen LogP contribution in [0.4, 0.5) is 11.4 Å². The fraction of sp³-hybridized carbons (Fsp3) is 0.167. The summed E-state index contributed by atoms with van der Waals surface area (Å²) in [6, 6.07) is 11.2. The number of halogens is 1. The molecule has 0 bridgehead atoms. The van der Waals surface area contributed by atoms with Gasteiger partial charge in [0.05, 0.1) is 11.7 Å². The molecule has 0 aromatic heterocycles. The van der Waals surface area contributed by atoms with E-state index in [4.69, 9.17) is 0 Å². The minimum atomic E-state index is -1.41. The Hall–Kier alpha value is -2.52. The van der Waals surface area contributed by atoms with Crippen LogP contribution >= 0.6 is 27.7 Å². The van der Waals surface area contributed by atoms with Crippen LogP contribution in [0.25, 0.3) is 0 Å². The van der Waals surface area contributed by atoms with E-state index in [1.165, 1.54) is 29.2 Å². The van der Waals surface area contributed by atoms with Crippen molar-refractivity contribution in [2.75, 3.05) is 10.2 Å². The highest BCUT2D eigenvalue weighted by Crippen LogP contribution is 2.57. The maximum Gasteiger partial charge on any atom is 0.305 e. The molecule has 2 aromatic rings. The molecule has 1 saturated heterocycles. The molecule has 9 heteroatoms. The van der Waals surface area contributed by atoms with Crippen LogP contribution in [0.5, 0.6) is 5.75 Å². The molecule has 1 spiro atoms. The third kappa shape index (κ3) is 2.69. The van der Waals surface area contributed by atoms with E-state index in [1.807, 2.05) is 0 Å². The van der Waals surface area contributed by atoms with Gasteiger partial charge < -0.3 is 15.5 Å². The number of phenolic OH excluding ortho intramolecular Hbond substituents is 1. The van der Waals surface area contributed by atoms with Crippen LogP contribution in [0.3, 0.4) is 0 Å². The molecule has 7 nitrogen and oxygen atoms in total. The molecule has 2 aliphatic heterocycles. The Labute approximate surface area is 166 Å². The largest absolute Gasteiger partial charge is 0.508 e. The van der Waals surface area contributed by atoms with Crippen molar-refractivity contribution in [3.63, 3.8) is 0 Å². The number of benzene rings is 2. The summed E-state index contributed by atoms with van der Waals surface area (Å²) >= 11 is 4.42. The van der Waals surface area contributed by atoms with Gasteiger partial charge in [-0.15, -0.1) is 11.8 Å². The fourth-order valence-corrected chi connectivity index (χ4v) is 5.34. The summed E-state index contributed by atoms with van der Waals surface area (Å²) in [6.07, 6.45) is -0.392. The molecular formula is C18H13BrN2O5S. The lowest BCUT2D eigenvalue weighted by Crippen LogP contribution is -2.47. The number of hydrogen-bond donors (Lipinski definition) is 3. The number of phenols is 1. The maximum atomic E-state index is 13.1. The lowest BCUT2D eigenvalue weighted by molar-refractivity contribution is -0.138. The van der Waals surface area contributed by atoms with Gasteiger partial charge in [-0.3, -0.25) is 19.3 Å². The van der Waals surface area contributed by atoms with Crippen molar-refractivity contribution in [2.24, 2.45) is 0 Å². The lowest BCUT2D eigenvalue weighted by atomic mass is 10.0. The SMILES string of the molecule is O=C(O)CC1SC2(C(=O)Nc3ccc(Br)cc32)N(c2ccc(O)cc2)C1=O. The third-order valence-electron chi connectivity index (χ3n) is 4.49. The average Bonchev–Trinajstić information content (AvgIpc) is 3.04. The highest BCUT2D eigenvalue weighted by Gasteiger charge is 2.62. The molecule has 2 aliphatic rings. The number of nitrogens with one attached hydrogen (secondary N) is 1. The first-order valence-corrected chi connectivity index (χ1v) is 9.64. The first kappa shape index (κ1) is 17.9. The molecule has 0 radical (unpaired) electrons. The van der Waals surface area contributed by atoms with Gasteiger partial charge in [-0.1, -0.05) is 15.9 Å². The molecule has 2 heterocycles. The van der Waals surface area contributed by atoms with Gasteiger partial charge >= 0.3 is 5.97 Å². The van der Waals surface area contributed by atoms with E-state index in [0.717, 1.165) is 16.2 Å². The molecule has 3 N–H and O–H groups in total. The number of thioether (sulfide) groups is 1. The lowest BCUT2D eigenvalue weighted by Gasteiger charge is -2.32. The molecule has 1 fully saturated rings. The van der Waals surface area contributed by atoms with Crippen LogP contribution in [0.15, 0.2) is 46.9 Å². The number of carbonyl (C=O) groups excluding carboxylic acids is 2. The van der Waals surface area contributed by atoms with Crippen molar-refractivity contribution in [3.05, 3.63) is 52.5 Å². The summed E-state index contributed by atoms with van der Waals surface area (Å²) in [5.41, 5.74) is 1.56. The highest BCUT2D eigenvalue weighted by atomic mass is 79.9. The van der Waals surface area contributed by atoms with E-state index in [2.05, 4.69) is 21.2 Å². The molecule has 138 valence electrons. The average molecular weight is 449 g/mol. The number of carbonyl (C=O) groups is 3. The number of rotatable bonds is 3. The molecule has 0 saturated carbocycles. The van der Waals surface area contributed by atoms with Gasteiger partial charge in [-0.25, -0.2) is 0 Å². The predicted molar refractivity (Wildman–Crippen MR) is 104 cm³/mol. The molecular weight excluding hydrogens is 436 g/mol. The number of nitrogens with zero attached hydrogens (tertiary/aromatic N) is 1. The van der Waals surface area contributed by atoms with Gasteiger partial charge in [0, 0.05) is 21.4 Å². The van der Waals surface area contributed by atoms with Crippen molar-refractivity contribution in [1.82, 2.24) is 0 Å². The van der Waals surface area contributed by atoms with Crippen LogP contribution in [0.2, 0.25) is 0 Å². The van der Waals surface area contributed by atoms with Gasteiger partial charge in [0.25, 0.3) is 5.91 Å². The summed E-state index contributed by atoms with van der Waals surface area (Å²) in [6.45, 7) is 0. The summed E-state index contributed by atoms with van der Waals surface area (Å²) < 4.78 is 0.734. The minimum absolute atomic E-state index is 0.0215. The van der Waals surface area contributed by atoms with E-state index >= 15 is 0 Å². The maximum absolute atomic E-state index is 13.1. The number of amides is 2. The number of hydrogen-bond acceptors (Lipinski definition) is 5. The zero-order chi connectivity index (χ0) is 19.3. The quantitative estimate of drug-likeness (QED) is 0.666. The second-order valence-electron chi connectivity index (χ2n) is 6.18. The summed E-state index contributed by atoms with van der Waals surface area (Å²) in [4.78, 5) is 37.3. The minimum Gasteiger partial charge on any atom is -0.508 e. The van der Waals surface area contributed by atoms with Crippen molar-refractivity contribution in [1.29, 1.82) is 0 Å². The zero-order valence-corrected chi connectivity index (χ0v) is 16.1. The summed E-state index contributed by atoms with van der Waals surface area (Å²) in [5, 5.41) is 20.6. The molecule has 4 rings (SSSR count). The first-order valence-electron chi connectivity index (χ1n) is 7.97. The Kier molecular flexibility index (Phi) is 4.15. The number of fused-ring (bicyclic) bond motifs is 2. The topological polar surface area (TPSA) is 107 Å². The molecule has 0 aliphatic carbocycles. The van der Waals surface area contributed by atoms with Crippen LogP contribution in [0.1, 0.15) is 12.0 Å².